The summed E-state index contributed by atoms with van der Waals surface area (Å²) < 4.78 is 0. The largest absolute Gasteiger partial charge is 0.479 e. The van der Waals surface area contributed by atoms with Gasteiger partial charge in [0.05, 0.1) is 5.69 Å². The van der Waals surface area contributed by atoms with Crippen molar-refractivity contribution in [2.45, 2.75) is 6.10 Å². The summed E-state index contributed by atoms with van der Waals surface area (Å²) in [6, 6.07) is 6.69. The molecule has 1 unspecified atom stereocenters. The van der Waals surface area contributed by atoms with Crippen molar-refractivity contribution in [2.24, 2.45) is 0 Å². The lowest BCUT2D eigenvalue weighted by Gasteiger charge is -2.00. The van der Waals surface area contributed by atoms with Crippen molar-refractivity contribution >= 4 is 28.5 Å². The molecule has 15 heavy (non-hydrogen) atoms. The van der Waals surface area contributed by atoms with E-state index in [0.29, 0.717) is 5.02 Å². The predicted molar refractivity (Wildman–Crippen MR) is 55.9 cm³/mol. The zero-order chi connectivity index (χ0) is 11.0. The van der Waals surface area contributed by atoms with Crippen LogP contribution in [0.5, 0.6) is 0 Å². The van der Waals surface area contributed by atoms with E-state index in [1.165, 1.54) is 0 Å². The van der Waals surface area contributed by atoms with E-state index in [9.17, 15) is 9.90 Å². The first-order valence-corrected chi connectivity index (χ1v) is 4.65. The number of carboxylic acid groups (broad SMARTS) is 1. The van der Waals surface area contributed by atoms with Crippen LogP contribution >= 0.6 is 11.6 Å². The minimum Gasteiger partial charge on any atom is -0.479 e. The molecule has 0 radical (unpaired) electrons. The molecule has 2 aromatic rings. The van der Waals surface area contributed by atoms with Crippen LogP contribution in [-0.2, 0) is 4.79 Å². The molecule has 0 bridgehead atoms. The Hall–Kier alpha value is -1.52. The zero-order valence-corrected chi connectivity index (χ0v) is 8.32. The van der Waals surface area contributed by atoms with Crippen LogP contribution in [0.3, 0.4) is 0 Å². The minimum absolute atomic E-state index is 0.250. The van der Waals surface area contributed by atoms with Crippen molar-refractivity contribution in [3.63, 3.8) is 0 Å². The van der Waals surface area contributed by atoms with E-state index in [1.54, 1.807) is 24.3 Å². The van der Waals surface area contributed by atoms with Crippen LogP contribution in [0.2, 0.25) is 5.02 Å². The average molecular weight is 226 g/mol. The van der Waals surface area contributed by atoms with Crippen molar-refractivity contribution < 1.29 is 15.0 Å². The maximum absolute atomic E-state index is 10.5. The SMILES string of the molecule is O=C(O)C(O)c1cc2cc(Cl)ccc2[nH]1. The number of carbonyl (C=O) groups is 1. The Morgan fingerprint density at radius 3 is 2.80 bits per heavy atom. The number of aliphatic carboxylic acids is 1. The molecule has 5 heteroatoms. The number of hydrogen-bond donors (Lipinski definition) is 3. The van der Waals surface area contributed by atoms with E-state index in [0.717, 1.165) is 10.9 Å². The Balaban J connectivity index is 2.51. The van der Waals surface area contributed by atoms with E-state index in [1.807, 2.05) is 0 Å². The van der Waals surface area contributed by atoms with Crippen molar-refractivity contribution in [3.8, 4) is 0 Å². The molecule has 1 aromatic carbocycles. The Kier molecular flexibility index (Phi) is 2.38. The van der Waals surface area contributed by atoms with Gasteiger partial charge in [-0.1, -0.05) is 11.6 Å². The number of nitrogens with one attached hydrogen (secondary N) is 1. The smallest absolute Gasteiger partial charge is 0.338 e. The number of rotatable bonds is 2. The summed E-state index contributed by atoms with van der Waals surface area (Å²) in [6.07, 6.45) is -1.53. The van der Waals surface area contributed by atoms with Gasteiger partial charge in [0, 0.05) is 15.9 Å². The molecule has 0 amide bonds. The molecule has 0 aliphatic heterocycles. The third-order valence-corrected chi connectivity index (χ3v) is 2.37. The van der Waals surface area contributed by atoms with Gasteiger partial charge in [-0.2, -0.15) is 0 Å². The second-order valence-corrected chi connectivity index (χ2v) is 3.63. The molecule has 0 spiro atoms. The molecular formula is C10H8ClNO3. The minimum atomic E-state index is -1.53. The number of aromatic nitrogens is 1. The fourth-order valence-electron chi connectivity index (χ4n) is 1.41. The van der Waals surface area contributed by atoms with E-state index in [2.05, 4.69) is 4.98 Å². The van der Waals surface area contributed by atoms with Gasteiger partial charge >= 0.3 is 5.97 Å². The average Bonchev–Trinajstić information content (AvgIpc) is 2.58. The van der Waals surface area contributed by atoms with E-state index in [4.69, 9.17) is 16.7 Å². The van der Waals surface area contributed by atoms with Crippen LogP contribution in [0.1, 0.15) is 11.8 Å². The van der Waals surface area contributed by atoms with E-state index in [-0.39, 0.29) is 5.69 Å². The second kappa shape index (κ2) is 3.56. The molecule has 0 saturated carbocycles. The Morgan fingerprint density at radius 2 is 2.13 bits per heavy atom. The molecule has 0 saturated heterocycles. The Morgan fingerprint density at radius 1 is 1.40 bits per heavy atom. The van der Waals surface area contributed by atoms with Crippen molar-refractivity contribution in [2.75, 3.05) is 0 Å². The first-order valence-electron chi connectivity index (χ1n) is 4.27. The third kappa shape index (κ3) is 1.82. The molecule has 0 aliphatic carbocycles. The first-order chi connectivity index (χ1) is 7.08. The highest BCUT2D eigenvalue weighted by atomic mass is 35.5. The van der Waals surface area contributed by atoms with Crippen molar-refractivity contribution in [1.29, 1.82) is 0 Å². The molecule has 0 fully saturated rings. The predicted octanol–water partition coefficient (Wildman–Crippen LogP) is 1.94. The number of hydrogen-bond acceptors (Lipinski definition) is 2. The van der Waals surface area contributed by atoms with Gasteiger partial charge in [0.15, 0.2) is 6.10 Å². The summed E-state index contributed by atoms with van der Waals surface area (Å²) in [7, 11) is 0. The van der Waals surface area contributed by atoms with Crippen LogP contribution < -0.4 is 0 Å². The van der Waals surface area contributed by atoms with Gasteiger partial charge in [-0.05, 0) is 24.3 Å². The monoisotopic (exact) mass is 225 g/mol. The molecule has 1 heterocycles. The van der Waals surface area contributed by atoms with Crippen LogP contribution in [-0.4, -0.2) is 21.2 Å². The highest BCUT2D eigenvalue weighted by Crippen LogP contribution is 2.23. The summed E-state index contributed by atoms with van der Waals surface area (Å²) in [5.41, 5.74) is 0.995. The maximum Gasteiger partial charge on any atom is 0.338 e. The molecule has 4 nitrogen and oxygen atoms in total. The van der Waals surface area contributed by atoms with Crippen LogP contribution in [0.15, 0.2) is 24.3 Å². The Labute approximate surface area is 90.1 Å². The number of H-pyrrole nitrogens is 1. The lowest BCUT2D eigenvalue weighted by molar-refractivity contribution is -0.147. The van der Waals surface area contributed by atoms with Gasteiger partial charge in [-0.3, -0.25) is 0 Å². The van der Waals surface area contributed by atoms with E-state index >= 15 is 0 Å². The molecule has 1 atom stereocenters. The number of aliphatic hydroxyl groups excluding tert-OH is 1. The van der Waals surface area contributed by atoms with Crippen LogP contribution in [0.4, 0.5) is 0 Å². The number of aliphatic hydroxyl groups is 1. The first kappa shape index (κ1) is 10.0. The van der Waals surface area contributed by atoms with Gasteiger partial charge in [-0.25, -0.2) is 4.79 Å². The van der Waals surface area contributed by atoms with Crippen LogP contribution in [0.25, 0.3) is 10.9 Å². The van der Waals surface area contributed by atoms with Gasteiger partial charge in [0.2, 0.25) is 0 Å². The van der Waals surface area contributed by atoms with Gasteiger partial charge < -0.3 is 15.2 Å². The normalized spacial score (nSPS) is 12.9. The molecule has 3 N–H and O–H groups in total. The topological polar surface area (TPSA) is 73.3 Å². The van der Waals surface area contributed by atoms with Gasteiger partial charge in [0.1, 0.15) is 0 Å². The summed E-state index contributed by atoms with van der Waals surface area (Å²) in [5.74, 6) is -1.28. The zero-order valence-electron chi connectivity index (χ0n) is 7.57. The Bertz CT molecular complexity index is 520. The number of halogens is 1. The number of carboxylic acids is 1. The van der Waals surface area contributed by atoms with Gasteiger partial charge in [-0.15, -0.1) is 0 Å². The second-order valence-electron chi connectivity index (χ2n) is 3.20. The van der Waals surface area contributed by atoms with Crippen molar-refractivity contribution in [3.05, 3.63) is 35.0 Å². The lowest BCUT2D eigenvalue weighted by atomic mass is 10.2. The number of aromatic amines is 1. The van der Waals surface area contributed by atoms with Crippen molar-refractivity contribution in [1.82, 2.24) is 4.98 Å². The summed E-state index contributed by atoms with van der Waals surface area (Å²) >= 11 is 5.78. The lowest BCUT2D eigenvalue weighted by Crippen LogP contribution is -2.10. The molecule has 78 valence electrons. The fraction of sp³-hybridized carbons (Fsp3) is 0.100. The fourth-order valence-corrected chi connectivity index (χ4v) is 1.59. The standard InChI is InChI=1S/C10H8ClNO3/c11-6-1-2-7-5(3-6)4-8(12-7)9(13)10(14)15/h1-4,9,12-13H,(H,14,15). The highest BCUT2D eigenvalue weighted by molar-refractivity contribution is 6.31. The molecule has 1 aromatic heterocycles. The quantitative estimate of drug-likeness (QED) is 0.731. The van der Waals surface area contributed by atoms with Crippen LogP contribution in [0, 0.1) is 0 Å². The third-order valence-electron chi connectivity index (χ3n) is 2.13. The van der Waals surface area contributed by atoms with Gasteiger partial charge in [0.25, 0.3) is 0 Å². The molecule has 2 rings (SSSR count). The number of fused-ring (bicyclic) bond motifs is 1. The molecular weight excluding hydrogens is 218 g/mol. The maximum atomic E-state index is 10.5. The molecule has 0 aliphatic rings. The van der Waals surface area contributed by atoms with E-state index < -0.39 is 12.1 Å². The summed E-state index contributed by atoms with van der Waals surface area (Å²) in [5, 5.41) is 19.3. The number of benzene rings is 1. The summed E-state index contributed by atoms with van der Waals surface area (Å²) in [6.45, 7) is 0. The summed E-state index contributed by atoms with van der Waals surface area (Å²) in [4.78, 5) is 13.4. The highest BCUT2D eigenvalue weighted by Gasteiger charge is 2.17.